The predicted molar refractivity (Wildman–Crippen MR) is 102 cm³/mol. The highest BCUT2D eigenvalue weighted by Crippen LogP contribution is 2.26. The number of hydrogen-bond acceptors (Lipinski definition) is 3. The van der Waals surface area contributed by atoms with Gasteiger partial charge < -0.3 is 5.32 Å². The lowest BCUT2D eigenvalue weighted by Gasteiger charge is -2.11. The zero-order valence-corrected chi connectivity index (χ0v) is 17.0. The van der Waals surface area contributed by atoms with Gasteiger partial charge in [-0.15, -0.1) is 0 Å². The third-order valence-electron chi connectivity index (χ3n) is 2.97. The Hall–Kier alpha value is -1.22. The molecule has 24 heavy (non-hydrogen) atoms. The molecule has 0 aliphatic heterocycles. The monoisotopic (exact) mass is 474 g/mol. The number of anilines is 1. The molecule has 0 aliphatic rings. The average molecular weight is 476 g/mol. The lowest BCUT2D eigenvalue weighted by molar-refractivity contribution is 0.102. The Morgan fingerprint density at radius 2 is 1.79 bits per heavy atom. The van der Waals surface area contributed by atoms with Crippen LogP contribution < -0.4 is 10.0 Å². The van der Waals surface area contributed by atoms with E-state index in [0.717, 1.165) is 8.95 Å². The van der Waals surface area contributed by atoms with Gasteiger partial charge in [0.15, 0.2) is 0 Å². The highest BCUT2D eigenvalue weighted by atomic mass is 79.9. The second-order valence-corrected chi connectivity index (χ2v) is 8.87. The fourth-order valence-corrected chi connectivity index (χ4v) is 3.97. The summed E-state index contributed by atoms with van der Waals surface area (Å²) < 4.78 is 28.5. The molecule has 128 valence electrons. The molecule has 0 saturated carbocycles. The van der Waals surface area contributed by atoms with Crippen LogP contribution in [0.5, 0.6) is 0 Å². The maximum atomic E-state index is 12.4. The van der Waals surface area contributed by atoms with Crippen LogP contribution in [-0.4, -0.2) is 20.4 Å². The first-order valence-electron chi connectivity index (χ1n) is 7.08. The second kappa shape index (κ2) is 7.77. The molecular weight excluding hydrogens is 460 g/mol. The Bertz CT molecular complexity index is 867. The molecule has 5 nitrogen and oxygen atoms in total. The summed E-state index contributed by atoms with van der Waals surface area (Å²) >= 11 is 6.71. The van der Waals surface area contributed by atoms with Crippen LogP contribution in [0.15, 0.2) is 56.3 Å². The summed E-state index contributed by atoms with van der Waals surface area (Å²) in [7, 11) is -3.65. The quantitative estimate of drug-likeness (QED) is 0.681. The van der Waals surface area contributed by atoms with Gasteiger partial charge in [0, 0.05) is 20.6 Å². The lowest BCUT2D eigenvalue weighted by Crippen LogP contribution is -2.30. The van der Waals surface area contributed by atoms with Crippen LogP contribution in [0.25, 0.3) is 0 Å². The van der Waals surface area contributed by atoms with Crippen LogP contribution in [0.1, 0.15) is 24.2 Å². The van der Waals surface area contributed by atoms with E-state index in [-0.39, 0.29) is 16.5 Å². The molecular formula is C16H16Br2N2O3S. The molecule has 0 heterocycles. The van der Waals surface area contributed by atoms with E-state index < -0.39 is 15.9 Å². The van der Waals surface area contributed by atoms with Crippen molar-refractivity contribution in [2.24, 2.45) is 0 Å². The van der Waals surface area contributed by atoms with Crippen molar-refractivity contribution < 1.29 is 13.2 Å². The van der Waals surface area contributed by atoms with Gasteiger partial charge in [0.1, 0.15) is 0 Å². The average Bonchev–Trinajstić information content (AvgIpc) is 2.50. The number of nitrogens with one attached hydrogen (secondary N) is 2. The SMILES string of the molecule is CC(C)NS(=O)(=O)c1cccc(C(=O)Nc2cc(Br)ccc2Br)c1. The van der Waals surface area contributed by atoms with E-state index in [9.17, 15) is 13.2 Å². The molecule has 0 radical (unpaired) electrons. The van der Waals surface area contributed by atoms with E-state index >= 15 is 0 Å². The van der Waals surface area contributed by atoms with Crippen molar-refractivity contribution in [3.05, 3.63) is 57.0 Å². The van der Waals surface area contributed by atoms with Crippen molar-refractivity contribution in [3.63, 3.8) is 0 Å². The van der Waals surface area contributed by atoms with Crippen molar-refractivity contribution in [1.82, 2.24) is 4.72 Å². The fourth-order valence-electron chi connectivity index (χ4n) is 1.97. The van der Waals surface area contributed by atoms with Gasteiger partial charge in [0.2, 0.25) is 10.0 Å². The maximum absolute atomic E-state index is 12.4. The van der Waals surface area contributed by atoms with E-state index in [2.05, 4.69) is 41.9 Å². The smallest absolute Gasteiger partial charge is 0.255 e. The largest absolute Gasteiger partial charge is 0.321 e. The van der Waals surface area contributed by atoms with Crippen LogP contribution >= 0.6 is 31.9 Å². The zero-order chi connectivity index (χ0) is 17.9. The summed E-state index contributed by atoms with van der Waals surface area (Å²) in [4.78, 5) is 12.5. The molecule has 0 fully saturated rings. The number of benzene rings is 2. The Kier molecular flexibility index (Phi) is 6.19. The zero-order valence-electron chi connectivity index (χ0n) is 13.0. The summed E-state index contributed by atoms with van der Waals surface area (Å²) in [6.45, 7) is 3.47. The van der Waals surface area contributed by atoms with Crippen molar-refractivity contribution >= 4 is 53.5 Å². The third-order valence-corrected chi connectivity index (χ3v) is 5.81. The normalized spacial score (nSPS) is 11.5. The van der Waals surface area contributed by atoms with Crippen LogP contribution in [0.3, 0.4) is 0 Å². The first kappa shape index (κ1) is 19.1. The molecule has 0 spiro atoms. The van der Waals surface area contributed by atoms with Crippen LogP contribution in [0.2, 0.25) is 0 Å². The molecule has 0 unspecified atom stereocenters. The number of hydrogen-bond donors (Lipinski definition) is 2. The molecule has 2 rings (SSSR count). The van der Waals surface area contributed by atoms with Crippen LogP contribution in [0.4, 0.5) is 5.69 Å². The third kappa shape index (κ3) is 4.89. The minimum Gasteiger partial charge on any atom is -0.321 e. The molecule has 8 heteroatoms. The van der Waals surface area contributed by atoms with Gasteiger partial charge in [-0.3, -0.25) is 4.79 Å². The summed E-state index contributed by atoms with van der Waals surface area (Å²) in [5, 5.41) is 2.76. The molecule has 1 amide bonds. The van der Waals surface area contributed by atoms with Gasteiger partial charge in [-0.2, -0.15) is 0 Å². The van der Waals surface area contributed by atoms with Gasteiger partial charge in [-0.05, 0) is 66.2 Å². The first-order chi connectivity index (χ1) is 11.2. The van der Waals surface area contributed by atoms with Crippen molar-refractivity contribution in [2.75, 3.05) is 5.32 Å². The van der Waals surface area contributed by atoms with Crippen molar-refractivity contribution in [3.8, 4) is 0 Å². The molecule has 2 aromatic rings. The maximum Gasteiger partial charge on any atom is 0.255 e. The van der Waals surface area contributed by atoms with Gasteiger partial charge in [-0.25, -0.2) is 13.1 Å². The van der Waals surface area contributed by atoms with Gasteiger partial charge in [0.25, 0.3) is 5.91 Å². The van der Waals surface area contributed by atoms with Crippen molar-refractivity contribution in [1.29, 1.82) is 0 Å². The molecule has 2 aromatic carbocycles. The number of amides is 1. The molecule has 0 aromatic heterocycles. The highest BCUT2D eigenvalue weighted by Gasteiger charge is 2.17. The van der Waals surface area contributed by atoms with Crippen LogP contribution in [-0.2, 0) is 10.0 Å². The number of rotatable bonds is 5. The summed E-state index contributed by atoms with van der Waals surface area (Å²) in [5.41, 5.74) is 0.844. The van der Waals surface area contributed by atoms with Gasteiger partial charge >= 0.3 is 0 Å². The van der Waals surface area contributed by atoms with E-state index in [1.54, 1.807) is 38.1 Å². The summed E-state index contributed by atoms with van der Waals surface area (Å²) in [5.74, 6) is -0.393. The molecule has 0 atom stereocenters. The first-order valence-corrected chi connectivity index (χ1v) is 10.1. The summed E-state index contributed by atoms with van der Waals surface area (Å²) in [6, 6.07) is 11.1. The lowest BCUT2D eigenvalue weighted by atomic mass is 10.2. The highest BCUT2D eigenvalue weighted by molar-refractivity contribution is 9.11. The van der Waals surface area contributed by atoms with Gasteiger partial charge in [-0.1, -0.05) is 22.0 Å². The second-order valence-electron chi connectivity index (χ2n) is 5.38. The van der Waals surface area contributed by atoms with Crippen molar-refractivity contribution in [2.45, 2.75) is 24.8 Å². The molecule has 0 saturated heterocycles. The Labute approximate surface area is 158 Å². The Balaban J connectivity index is 2.28. The molecule has 2 N–H and O–H groups in total. The topological polar surface area (TPSA) is 75.3 Å². The number of halogens is 2. The standard InChI is InChI=1S/C16H16Br2N2O3S/c1-10(2)20-24(22,23)13-5-3-4-11(8-13)16(21)19-15-9-12(17)6-7-14(15)18/h3-10,20H,1-2H3,(H,19,21). The van der Waals surface area contributed by atoms with E-state index in [1.807, 2.05) is 6.07 Å². The fraction of sp³-hybridized carbons (Fsp3) is 0.188. The van der Waals surface area contributed by atoms with E-state index in [1.165, 1.54) is 12.1 Å². The minimum absolute atomic E-state index is 0.0529. The number of carbonyl (C=O) groups is 1. The predicted octanol–water partition coefficient (Wildman–Crippen LogP) is 4.15. The molecule has 0 aliphatic carbocycles. The number of carbonyl (C=O) groups excluding carboxylic acids is 1. The minimum atomic E-state index is -3.65. The van der Waals surface area contributed by atoms with Gasteiger partial charge in [0.05, 0.1) is 10.6 Å². The molecule has 0 bridgehead atoms. The Morgan fingerprint density at radius 3 is 2.46 bits per heavy atom. The Morgan fingerprint density at radius 1 is 1.08 bits per heavy atom. The van der Waals surface area contributed by atoms with E-state index in [4.69, 9.17) is 0 Å². The summed E-state index contributed by atoms with van der Waals surface area (Å²) in [6.07, 6.45) is 0. The van der Waals surface area contributed by atoms with E-state index in [0.29, 0.717) is 5.69 Å². The van der Waals surface area contributed by atoms with Crippen LogP contribution in [0, 0.1) is 0 Å². The number of sulfonamides is 1.